The Balaban J connectivity index is 1.83. The monoisotopic (exact) mass is 385 g/mol. The highest BCUT2D eigenvalue weighted by Gasteiger charge is 2.21. The van der Waals surface area contributed by atoms with Crippen LogP contribution in [-0.4, -0.2) is 19.1 Å². The van der Waals surface area contributed by atoms with Gasteiger partial charge in [-0.2, -0.15) is 0 Å². The van der Waals surface area contributed by atoms with Crippen molar-refractivity contribution in [2.45, 2.75) is 39.8 Å². The number of carbonyl (C=O) groups is 1. The van der Waals surface area contributed by atoms with Gasteiger partial charge in [0.15, 0.2) is 28.7 Å². The van der Waals surface area contributed by atoms with Crippen molar-refractivity contribution in [3.05, 3.63) is 59.1 Å². The lowest BCUT2D eigenvalue weighted by molar-refractivity contribution is 0.0913. The van der Waals surface area contributed by atoms with E-state index in [-0.39, 0.29) is 23.5 Å². The van der Waals surface area contributed by atoms with Gasteiger partial charge in [-0.1, -0.05) is 18.2 Å². The predicted octanol–water partition coefficient (Wildman–Crippen LogP) is 5.17. The molecule has 6 heteroatoms. The van der Waals surface area contributed by atoms with Crippen LogP contribution in [0.5, 0.6) is 11.5 Å². The lowest BCUT2D eigenvalue weighted by atomic mass is 10.1. The third-order valence-electron chi connectivity index (χ3n) is 4.52. The van der Waals surface area contributed by atoms with Gasteiger partial charge in [0.25, 0.3) is 5.91 Å². The summed E-state index contributed by atoms with van der Waals surface area (Å²) in [6, 6.07) is 9.84. The molecule has 1 heterocycles. The predicted molar refractivity (Wildman–Crippen MR) is 106 cm³/mol. The third kappa shape index (κ3) is 3.81. The summed E-state index contributed by atoms with van der Waals surface area (Å²) >= 11 is 0. The zero-order valence-corrected chi connectivity index (χ0v) is 16.6. The van der Waals surface area contributed by atoms with Crippen LogP contribution in [0.15, 0.2) is 40.8 Å². The standard InChI is InChI=1S/C22H24FNO4/c1-12(2)27-18-10-9-15(11-19(18)26-5)14(4)24-22(25)20-13(3)16-7-6-8-17(23)21(16)28-20/h6-12,14H,1-5H3,(H,24,25). The minimum absolute atomic E-state index is 0.0216. The number of nitrogens with one attached hydrogen (secondary N) is 1. The first-order valence-electron chi connectivity index (χ1n) is 9.15. The van der Waals surface area contributed by atoms with E-state index in [4.69, 9.17) is 13.9 Å². The normalized spacial score (nSPS) is 12.2. The molecule has 0 aliphatic heterocycles. The number of rotatable bonds is 6. The van der Waals surface area contributed by atoms with E-state index in [0.717, 1.165) is 5.56 Å². The molecule has 0 aliphatic rings. The number of hydrogen-bond acceptors (Lipinski definition) is 4. The fraction of sp³-hybridized carbons (Fsp3) is 0.318. The summed E-state index contributed by atoms with van der Waals surface area (Å²) in [5, 5.41) is 3.49. The Labute approximate surface area is 163 Å². The first-order valence-corrected chi connectivity index (χ1v) is 9.15. The topological polar surface area (TPSA) is 60.7 Å². The average molecular weight is 385 g/mol. The minimum atomic E-state index is -0.488. The summed E-state index contributed by atoms with van der Waals surface area (Å²) in [7, 11) is 1.57. The Hall–Kier alpha value is -3.02. The van der Waals surface area contributed by atoms with Crippen molar-refractivity contribution < 1.29 is 23.1 Å². The summed E-state index contributed by atoms with van der Waals surface area (Å²) in [5.74, 6) is 0.455. The molecule has 1 aromatic heterocycles. The van der Waals surface area contributed by atoms with E-state index in [1.807, 2.05) is 39.0 Å². The van der Waals surface area contributed by atoms with E-state index in [0.29, 0.717) is 22.4 Å². The van der Waals surface area contributed by atoms with Gasteiger partial charge >= 0.3 is 0 Å². The number of methoxy groups -OCH3 is 1. The number of benzene rings is 2. The second-order valence-corrected chi connectivity index (χ2v) is 6.94. The number of hydrogen-bond donors (Lipinski definition) is 1. The molecular weight excluding hydrogens is 361 g/mol. The maximum atomic E-state index is 13.9. The Morgan fingerprint density at radius 3 is 2.54 bits per heavy atom. The highest BCUT2D eigenvalue weighted by atomic mass is 19.1. The van der Waals surface area contributed by atoms with Crippen molar-refractivity contribution in [1.29, 1.82) is 0 Å². The second kappa shape index (κ2) is 7.92. The van der Waals surface area contributed by atoms with Crippen LogP contribution in [0.3, 0.4) is 0 Å². The summed E-state index contributed by atoms with van der Waals surface area (Å²) in [6.07, 6.45) is 0.0216. The number of halogens is 1. The molecule has 1 atom stereocenters. The Morgan fingerprint density at radius 1 is 1.14 bits per heavy atom. The molecule has 0 radical (unpaired) electrons. The largest absolute Gasteiger partial charge is 0.493 e. The van der Waals surface area contributed by atoms with E-state index in [9.17, 15) is 9.18 Å². The van der Waals surface area contributed by atoms with Gasteiger partial charge < -0.3 is 19.2 Å². The maximum Gasteiger partial charge on any atom is 0.287 e. The van der Waals surface area contributed by atoms with Crippen LogP contribution in [0.1, 0.15) is 48.5 Å². The van der Waals surface area contributed by atoms with Crippen molar-refractivity contribution in [2.75, 3.05) is 7.11 Å². The van der Waals surface area contributed by atoms with E-state index < -0.39 is 11.7 Å². The molecule has 0 fully saturated rings. The molecule has 1 unspecified atom stereocenters. The molecule has 0 saturated carbocycles. The number of amides is 1. The van der Waals surface area contributed by atoms with E-state index in [1.54, 1.807) is 26.2 Å². The number of para-hydroxylation sites is 1. The zero-order valence-electron chi connectivity index (χ0n) is 16.6. The molecule has 148 valence electrons. The number of aryl methyl sites for hydroxylation is 1. The third-order valence-corrected chi connectivity index (χ3v) is 4.52. The zero-order chi connectivity index (χ0) is 20.4. The van der Waals surface area contributed by atoms with Gasteiger partial charge in [0.1, 0.15) is 0 Å². The highest BCUT2D eigenvalue weighted by Crippen LogP contribution is 2.32. The first kappa shape index (κ1) is 19.7. The quantitative estimate of drug-likeness (QED) is 0.636. The molecule has 3 aromatic rings. The molecular formula is C22H24FNO4. The number of fused-ring (bicyclic) bond motifs is 1. The Morgan fingerprint density at radius 2 is 1.89 bits per heavy atom. The fourth-order valence-electron chi connectivity index (χ4n) is 3.08. The van der Waals surface area contributed by atoms with Crippen LogP contribution < -0.4 is 14.8 Å². The van der Waals surface area contributed by atoms with Gasteiger partial charge in [-0.15, -0.1) is 0 Å². The molecule has 0 aliphatic carbocycles. The van der Waals surface area contributed by atoms with Crippen molar-refractivity contribution in [3.63, 3.8) is 0 Å². The smallest absolute Gasteiger partial charge is 0.287 e. The lowest BCUT2D eigenvalue weighted by Crippen LogP contribution is -2.26. The molecule has 5 nitrogen and oxygen atoms in total. The summed E-state index contributed by atoms with van der Waals surface area (Å²) in [6.45, 7) is 7.48. The van der Waals surface area contributed by atoms with E-state index in [1.165, 1.54) is 6.07 Å². The van der Waals surface area contributed by atoms with Crippen molar-refractivity contribution in [1.82, 2.24) is 5.32 Å². The van der Waals surface area contributed by atoms with Gasteiger partial charge in [-0.3, -0.25) is 4.79 Å². The molecule has 1 N–H and O–H groups in total. The number of furan rings is 1. The minimum Gasteiger partial charge on any atom is -0.493 e. The molecule has 3 rings (SSSR count). The highest BCUT2D eigenvalue weighted by molar-refractivity contribution is 5.99. The molecule has 28 heavy (non-hydrogen) atoms. The molecule has 0 saturated heterocycles. The molecule has 0 spiro atoms. The van der Waals surface area contributed by atoms with E-state index in [2.05, 4.69) is 5.32 Å². The van der Waals surface area contributed by atoms with Gasteiger partial charge in [0.2, 0.25) is 0 Å². The number of carbonyl (C=O) groups excluding carboxylic acids is 1. The Kier molecular flexibility index (Phi) is 5.58. The summed E-state index contributed by atoms with van der Waals surface area (Å²) < 4.78 is 30.6. The van der Waals surface area contributed by atoms with Crippen LogP contribution >= 0.6 is 0 Å². The van der Waals surface area contributed by atoms with Crippen LogP contribution in [0.2, 0.25) is 0 Å². The van der Waals surface area contributed by atoms with E-state index >= 15 is 0 Å². The molecule has 0 bridgehead atoms. The van der Waals surface area contributed by atoms with Crippen LogP contribution in [0, 0.1) is 12.7 Å². The summed E-state index contributed by atoms with van der Waals surface area (Å²) in [5.41, 5.74) is 1.55. The molecule has 1 amide bonds. The SMILES string of the molecule is COc1cc(C(C)NC(=O)c2oc3c(F)cccc3c2C)ccc1OC(C)C. The first-order chi connectivity index (χ1) is 13.3. The fourth-order valence-corrected chi connectivity index (χ4v) is 3.08. The number of ether oxygens (including phenoxy) is 2. The Bertz CT molecular complexity index is 1010. The van der Waals surface area contributed by atoms with Crippen LogP contribution in [-0.2, 0) is 0 Å². The van der Waals surface area contributed by atoms with Crippen LogP contribution in [0.25, 0.3) is 11.0 Å². The lowest BCUT2D eigenvalue weighted by Gasteiger charge is -2.18. The van der Waals surface area contributed by atoms with Gasteiger partial charge in [0.05, 0.1) is 19.3 Å². The van der Waals surface area contributed by atoms with Gasteiger partial charge in [-0.05, 0) is 51.5 Å². The average Bonchev–Trinajstić information content (AvgIpc) is 3.00. The van der Waals surface area contributed by atoms with Gasteiger partial charge in [-0.25, -0.2) is 4.39 Å². The van der Waals surface area contributed by atoms with Crippen LogP contribution in [0.4, 0.5) is 4.39 Å². The maximum absolute atomic E-state index is 13.9. The van der Waals surface area contributed by atoms with Crippen molar-refractivity contribution >= 4 is 16.9 Å². The second-order valence-electron chi connectivity index (χ2n) is 6.94. The van der Waals surface area contributed by atoms with Gasteiger partial charge in [0, 0.05) is 10.9 Å². The summed E-state index contributed by atoms with van der Waals surface area (Å²) in [4.78, 5) is 12.7. The van der Waals surface area contributed by atoms with Crippen molar-refractivity contribution in [3.8, 4) is 11.5 Å². The van der Waals surface area contributed by atoms with Crippen molar-refractivity contribution in [2.24, 2.45) is 0 Å². The molecule has 2 aromatic carbocycles.